The van der Waals surface area contributed by atoms with Gasteiger partial charge in [0, 0.05) is 56.8 Å². The van der Waals surface area contributed by atoms with Crippen molar-refractivity contribution in [3.05, 3.63) is 40.3 Å². The lowest BCUT2D eigenvalue weighted by molar-refractivity contribution is 0.415. The first kappa shape index (κ1) is 22.7. The van der Waals surface area contributed by atoms with E-state index in [-0.39, 0.29) is 24.0 Å². The Morgan fingerprint density at radius 2 is 2.25 bits per heavy atom. The molecule has 2 heterocycles. The predicted molar refractivity (Wildman–Crippen MR) is 129 cm³/mol. The van der Waals surface area contributed by atoms with Crippen LogP contribution in [0.4, 0.5) is 5.69 Å². The molecule has 1 aromatic heterocycles. The van der Waals surface area contributed by atoms with E-state index in [1.54, 1.807) is 18.4 Å². The van der Waals surface area contributed by atoms with Crippen molar-refractivity contribution in [2.75, 3.05) is 45.2 Å². The van der Waals surface area contributed by atoms with Crippen molar-refractivity contribution in [1.82, 2.24) is 15.6 Å². The van der Waals surface area contributed by atoms with Gasteiger partial charge in [-0.1, -0.05) is 6.07 Å². The highest BCUT2D eigenvalue weighted by molar-refractivity contribution is 14.0. The van der Waals surface area contributed by atoms with E-state index in [2.05, 4.69) is 49.1 Å². The maximum atomic E-state index is 5.34. The standard InChI is InChI=1S/C20H29N5OS.HI/c1-15-24-17(14-27-15)7-9-22-20(21-2)23-12-16-8-10-25(13-16)18-5-4-6-19(11-18)26-3;/h4-6,11,14,16H,7-10,12-13H2,1-3H3,(H2,21,22,23);1H. The van der Waals surface area contributed by atoms with Gasteiger partial charge in [0.2, 0.25) is 0 Å². The number of aryl methyl sites for hydroxylation is 1. The highest BCUT2D eigenvalue weighted by Crippen LogP contribution is 2.26. The number of aromatic nitrogens is 1. The molecule has 154 valence electrons. The third kappa shape index (κ3) is 6.51. The van der Waals surface area contributed by atoms with Gasteiger partial charge in [-0.3, -0.25) is 4.99 Å². The maximum absolute atomic E-state index is 5.34. The summed E-state index contributed by atoms with van der Waals surface area (Å²) < 4.78 is 5.34. The molecule has 1 unspecified atom stereocenters. The fourth-order valence-corrected chi connectivity index (χ4v) is 3.98. The first-order valence-corrected chi connectivity index (χ1v) is 10.3. The van der Waals surface area contributed by atoms with Crippen molar-refractivity contribution in [3.8, 4) is 5.75 Å². The molecular weight excluding hydrogens is 485 g/mol. The fourth-order valence-electron chi connectivity index (χ4n) is 3.33. The number of hydrogen-bond donors (Lipinski definition) is 2. The number of anilines is 1. The van der Waals surface area contributed by atoms with E-state index in [4.69, 9.17) is 4.74 Å². The zero-order valence-electron chi connectivity index (χ0n) is 16.8. The minimum atomic E-state index is 0. The molecule has 0 spiro atoms. The van der Waals surface area contributed by atoms with Crippen LogP contribution in [0.3, 0.4) is 0 Å². The van der Waals surface area contributed by atoms with Gasteiger partial charge in [-0.2, -0.15) is 0 Å². The Morgan fingerprint density at radius 3 is 2.96 bits per heavy atom. The second kappa shape index (κ2) is 11.5. The molecule has 0 saturated carbocycles. The smallest absolute Gasteiger partial charge is 0.190 e. The van der Waals surface area contributed by atoms with Crippen LogP contribution in [0.1, 0.15) is 17.1 Å². The number of nitrogens with zero attached hydrogens (tertiary/aromatic N) is 3. The number of methoxy groups -OCH3 is 1. The van der Waals surface area contributed by atoms with Gasteiger partial charge in [-0.05, 0) is 31.4 Å². The zero-order chi connectivity index (χ0) is 19.1. The van der Waals surface area contributed by atoms with Crippen LogP contribution in [0.15, 0.2) is 34.6 Å². The number of aliphatic imine (C=N–C) groups is 1. The van der Waals surface area contributed by atoms with Crippen molar-refractivity contribution in [3.63, 3.8) is 0 Å². The number of thiazole rings is 1. The molecule has 1 aliphatic heterocycles. The van der Waals surface area contributed by atoms with Gasteiger partial charge in [0.05, 0.1) is 17.8 Å². The summed E-state index contributed by atoms with van der Waals surface area (Å²) in [4.78, 5) is 11.3. The van der Waals surface area contributed by atoms with Gasteiger partial charge < -0.3 is 20.3 Å². The fraction of sp³-hybridized carbons (Fsp3) is 0.500. The van der Waals surface area contributed by atoms with Crippen LogP contribution in [0.2, 0.25) is 0 Å². The topological polar surface area (TPSA) is 61.8 Å². The molecule has 0 radical (unpaired) electrons. The van der Waals surface area contributed by atoms with Crippen LogP contribution in [-0.2, 0) is 6.42 Å². The summed E-state index contributed by atoms with van der Waals surface area (Å²) in [5.74, 6) is 2.38. The molecule has 28 heavy (non-hydrogen) atoms. The third-order valence-electron chi connectivity index (χ3n) is 4.83. The average molecular weight is 515 g/mol. The molecule has 2 aromatic rings. The number of benzene rings is 1. The number of hydrogen-bond acceptors (Lipinski definition) is 5. The van der Waals surface area contributed by atoms with Crippen LogP contribution in [0.25, 0.3) is 0 Å². The molecular formula is C20H30IN5OS. The highest BCUT2D eigenvalue weighted by atomic mass is 127. The molecule has 1 aliphatic rings. The number of guanidine groups is 1. The molecule has 0 amide bonds. The molecule has 8 heteroatoms. The summed E-state index contributed by atoms with van der Waals surface area (Å²) in [6.07, 6.45) is 2.09. The van der Waals surface area contributed by atoms with Gasteiger partial charge in [0.1, 0.15) is 5.75 Å². The second-order valence-corrected chi connectivity index (χ2v) is 7.85. The summed E-state index contributed by atoms with van der Waals surface area (Å²) in [6.45, 7) is 5.93. The minimum Gasteiger partial charge on any atom is -0.497 e. The van der Waals surface area contributed by atoms with Crippen molar-refractivity contribution >= 4 is 47.0 Å². The van der Waals surface area contributed by atoms with E-state index in [1.807, 2.05) is 20.0 Å². The van der Waals surface area contributed by atoms with Crippen molar-refractivity contribution in [1.29, 1.82) is 0 Å². The normalized spacial score (nSPS) is 16.6. The Morgan fingerprint density at radius 1 is 1.39 bits per heavy atom. The quantitative estimate of drug-likeness (QED) is 0.337. The maximum Gasteiger partial charge on any atom is 0.190 e. The average Bonchev–Trinajstić information content (AvgIpc) is 3.33. The van der Waals surface area contributed by atoms with Crippen LogP contribution in [-0.4, -0.2) is 51.3 Å². The Bertz CT molecular complexity index is 767. The first-order valence-electron chi connectivity index (χ1n) is 9.42. The van der Waals surface area contributed by atoms with Crippen LogP contribution in [0.5, 0.6) is 5.75 Å². The lowest BCUT2D eigenvalue weighted by atomic mass is 10.1. The van der Waals surface area contributed by atoms with E-state index >= 15 is 0 Å². The molecule has 0 aliphatic carbocycles. The minimum absolute atomic E-state index is 0. The van der Waals surface area contributed by atoms with Gasteiger partial charge in [0.15, 0.2) is 5.96 Å². The largest absolute Gasteiger partial charge is 0.497 e. The number of halogens is 1. The molecule has 6 nitrogen and oxygen atoms in total. The third-order valence-corrected chi connectivity index (χ3v) is 5.65. The number of rotatable bonds is 7. The lowest BCUT2D eigenvalue weighted by Gasteiger charge is -2.20. The van der Waals surface area contributed by atoms with Gasteiger partial charge in [0.25, 0.3) is 0 Å². The predicted octanol–water partition coefficient (Wildman–Crippen LogP) is 3.31. The molecule has 3 rings (SSSR count). The summed E-state index contributed by atoms with van der Waals surface area (Å²) in [5, 5.41) is 10.1. The molecule has 0 bridgehead atoms. The summed E-state index contributed by atoms with van der Waals surface area (Å²) in [6, 6.07) is 8.30. The summed E-state index contributed by atoms with van der Waals surface area (Å²) >= 11 is 1.70. The zero-order valence-corrected chi connectivity index (χ0v) is 19.9. The van der Waals surface area contributed by atoms with Crippen molar-refractivity contribution in [2.24, 2.45) is 10.9 Å². The Hall–Kier alpha value is -1.55. The van der Waals surface area contributed by atoms with Gasteiger partial charge in [-0.25, -0.2) is 4.98 Å². The highest BCUT2D eigenvalue weighted by Gasteiger charge is 2.23. The van der Waals surface area contributed by atoms with Crippen molar-refractivity contribution < 1.29 is 4.74 Å². The van der Waals surface area contributed by atoms with E-state index in [0.29, 0.717) is 5.92 Å². The lowest BCUT2D eigenvalue weighted by Crippen LogP contribution is -2.41. The Kier molecular flexibility index (Phi) is 9.30. The molecule has 1 fully saturated rings. The molecule has 1 saturated heterocycles. The molecule has 1 atom stereocenters. The molecule has 1 aromatic carbocycles. The van der Waals surface area contributed by atoms with E-state index in [0.717, 1.165) is 55.0 Å². The Balaban J connectivity index is 0.00000280. The first-order chi connectivity index (χ1) is 13.2. The summed E-state index contributed by atoms with van der Waals surface area (Å²) in [7, 11) is 3.53. The number of nitrogens with one attached hydrogen (secondary N) is 2. The monoisotopic (exact) mass is 515 g/mol. The number of ether oxygens (including phenoxy) is 1. The van der Waals surface area contributed by atoms with Crippen molar-refractivity contribution in [2.45, 2.75) is 19.8 Å². The van der Waals surface area contributed by atoms with Gasteiger partial charge >= 0.3 is 0 Å². The van der Waals surface area contributed by atoms with E-state index < -0.39 is 0 Å². The SMILES string of the molecule is CN=C(NCCc1csc(C)n1)NCC1CCN(c2cccc(OC)c2)C1.I. The second-order valence-electron chi connectivity index (χ2n) is 6.79. The van der Waals surface area contributed by atoms with Crippen LogP contribution < -0.4 is 20.3 Å². The summed E-state index contributed by atoms with van der Waals surface area (Å²) in [5.41, 5.74) is 2.38. The van der Waals surface area contributed by atoms with Gasteiger partial charge in [-0.15, -0.1) is 35.3 Å². The molecule has 2 N–H and O–H groups in total. The van der Waals surface area contributed by atoms with Crippen LogP contribution in [0, 0.1) is 12.8 Å². The Labute approximate surface area is 188 Å². The van der Waals surface area contributed by atoms with Crippen LogP contribution >= 0.6 is 35.3 Å². The van der Waals surface area contributed by atoms with E-state index in [9.17, 15) is 0 Å². The van der Waals surface area contributed by atoms with E-state index in [1.165, 1.54) is 12.1 Å².